The molecule has 2 aromatic carbocycles. The Hall–Kier alpha value is -3.15. The van der Waals surface area contributed by atoms with Crippen LogP contribution in [0, 0.1) is 0 Å². The molecular weight excluding hydrogens is 376 g/mol. The van der Waals surface area contributed by atoms with Crippen LogP contribution in [0.15, 0.2) is 54.6 Å². The third-order valence-corrected chi connectivity index (χ3v) is 5.79. The molecule has 6 heteroatoms. The molecule has 1 fully saturated rings. The topological polar surface area (TPSA) is 86.9 Å². The number of fused-ring (bicyclic) bond motifs is 1. The largest absolute Gasteiger partial charge is 0.352 e. The van der Waals surface area contributed by atoms with Crippen molar-refractivity contribution in [3.8, 4) is 0 Å². The van der Waals surface area contributed by atoms with E-state index in [0.717, 1.165) is 48.1 Å². The number of H-pyrrole nitrogens is 1. The number of rotatable bonds is 6. The van der Waals surface area contributed by atoms with Gasteiger partial charge in [-0.05, 0) is 37.0 Å². The van der Waals surface area contributed by atoms with E-state index in [1.54, 1.807) is 0 Å². The normalized spacial score (nSPS) is 19.9. The van der Waals surface area contributed by atoms with Crippen LogP contribution in [0.25, 0.3) is 11.0 Å². The van der Waals surface area contributed by atoms with Crippen molar-refractivity contribution < 1.29 is 9.59 Å². The van der Waals surface area contributed by atoms with Gasteiger partial charge in [-0.2, -0.15) is 0 Å². The third-order valence-electron chi connectivity index (χ3n) is 5.79. The van der Waals surface area contributed by atoms with Crippen molar-refractivity contribution in [3.63, 3.8) is 0 Å². The Balaban J connectivity index is 1.42. The van der Waals surface area contributed by atoms with Gasteiger partial charge >= 0.3 is 0 Å². The molecule has 2 unspecified atom stereocenters. The van der Waals surface area contributed by atoms with E-state index in [2.05, 4.69) is 15.6 Å². The number of hydrogen-bond donors (Lipinski definition) is 3. The number of carbonyl (C=O) groups excluding carboxylic acids is 2. The van der Waals surface area contributed by atoms with Gasteiger partial charge < -0.3 is 15.6 Å². The van der Waals surface area contributed by atoms with Crippen LogP contribution < -0.4 is 10.6 Å². The smallest absolute Gasteiger partial charge is 0.243 e. The average Bonchev–Trinajstić information content (AvgIpc) is 3.18. The van der Waals surface area contributed by atoms with Crippen molar-refractivity contribution in [3.05, 3.63) is 66.0 Å². The molecule has 1 aliphatic carbocycles. The first-order valence-electron chi connectivity index (χ1n) is 10.6. The summed E-state index contributed by atoms with van der Waals surface area (Å²) in [4.78, 5) is 32.8. The molecule has 0 radical (unpaired) electrons. The molecule has 0 bridgehead atoms. The average molecular weight is 405 g/mol. The Bertz CT molecular complexity index is 981. The quantitative estimate of drug-likeness (QED) is 0.588. The highest BCUT2D eigenvalue weighted by Gasteiger charge is 2.29. The lowest BCUT2D eigenvalue weighted by atomic mass is 9.85. The molecule has 4 rings (SSSR count). The Labute approximate surface area is 176 Å². The molecule has 3 aromatic rings. The van der Waals surface area contributed by atoms with Crippen molar-refractivity contribution in [2.45, 2.75) is 57.0 Å². The lowest BCUT2D eigenvalue weighted by Crippen LogP contribution is -2.51. The number of nitrogens with one attached hydrogen (secondary N) is 3. The van der Waals surface area contributed by atoms with Gasteiger partial charge in [-0.15, -0.1) is 0 Å². The molecule has 30 heavy (non-hydrogen) atoms. The van der Waals surface area contributed by atoms with Crippen molar-refractivity contribution in [1.82, 2.24) is 20.6 Å². The standard InChI is InChI=1S/C24H28N4O2/c1-16(29)25-22(14-17-8-3-2-4-9-17)24(30)26-19-11-7-10-18(15-19)23-27-20-12-5-6-13-21(20)28-23/h2-6,8-9,12-13,18-19,22H,7,10-11,14-15H2,1H3,(H,25,29)(H,26,30)(H,27,28)/t18?,19?,22-/m1/s1. The van der Waals surface area contributed by atoms with Gasteiger partial charge in [0.25, 0.3) is 0 Å². The number of amides is 2. The molecular formula is C24H28N4O2. The number of aromatic nitrogens is 2. The zero-order valence-corrected chi connectivity index (χ0v) is 17.2. The van der Waals surface area contributed by atoms with E-state index in [9.17, 15) is 9.59 Å². The van der Waals surface area contributed by atoms with E-state index >= 15 is 0 Å². The van der Waals surface area contributed by atoms with Crippen LogP contribution in [0.2, 0.25) is 0 Å². The fourth-order valence-electron chi connectivity index (χ4n) is 4.34. The van der Waals surface area contributed by atoms with Gasteiger partial charge in [0.2, 0.25) is 11.8 Å². The summed E-state index contributed by atoms with van der Waals surface area (Å²) in [7, 11) is 0. The molecule has 0 spiro atoms. The predicted molar refractivity (Wildman–Crippen MR) is 117 cm³/mol. The predicted octanol–water partition coefficient (Wildman–Crippen LogP) is 3.45. The molecule has 3 N–H and O–H groups in total. The summed E-state index contributed by atoms with van der Waals surface area (Å²) in [5.41, 5.74) is 3.05. The molecule has 1 heterocycles. The number of aromatic amines is 1. The summed E-state index contributed by atoms with van der Waals surface area (Å²) >= 11 is 0. The van der Waals surface area contributed by atoms with Crippen LogP contribution in [-0.4, -0.2) is 33.9 Å². The van der Waals surface area contributed by atoms with Gasteiger partial charge in [-0.1, -0.05) is 48.9 Å². The van der Waals surface area contributed by atoms with Crippen LogP contribution in [0.1, 0.15) is 49.9 Å². The maximum atomic E-state index is 13.0. The van der Waals surface area contributed by atoms with Gasteiger partial charge in [0.05, 0.1) is 11.0 Å². The number of benzene rings is 2. The highest BCUT2D eigenvalue weighted by Crippen LogP contribution is 2.32. The van der Waals surface area contributed by atoms with Crippen molar-refractivity contribution in [1.29, 1.82) is 0 Å². The first-order chi connectivity index (χ1) is 14.6. The second-order valence-corrected chi connectivity index (χ2v) is 8.15. The summed E-state index contributed by atoms with van der Waals surface area (Å²) in [6.45, 7) is 1.45. The van der Waals surface area contributed by atoms with E-state index < -0.39 is 6.04 Å². The lowest BCUT2D eigenvalue weighted by Gasteiger charge is -2.30. The van der Waals surface area contributed by atoms with E-state index in [1.807, 2.05) is 54.6 Å². The van der Waals surface area contributed by atoms with Crippen LogP contribution in [0.5, 0.6) is 0 Å². The molecule has 1 aromatic heterocycles. The fraction of sp³-hybridized carbons (Fsp3) is 0.375. The SMILES string of the molecule is CC(=O)N[C@H](Cc1ccccc1)C(=O)NC1CCCC(c2nc3ccccc3[nH]2)C1. The molecule has 156 valence electrons. The zero-order chi connectivity index (χ0) is 20.9. The maximum Gasteiger partial charge on any atom is 0.243 e. The van der Waals surface area contributed by atoms with Crippen molar-refractivity contribution in [2.75, 3.05) is 0 Å². The Kier molecular flexibility index (Phi) is 6.12. The van der Waals surface area contributed by atoms with Crippen LogP contribution in [-0.2, 0) is 16.0 Å². The molecule has 2 amide bonds. The fourth-order valence-corrected chi connectivity index (χ4v) is 4.34. The number of carbonyl (C=O) groups is 2. The number of para-hydroxylation sites is 2. The minimum absolute atomic E-state index is 0.0801. The zero-order valence-electron chi connectivity index (χ0n) is 17.2. The summed E-state index contributed by atoms with van der Waals surface area (Å²) in [6.07, 6.45) is 4.37. The van der Waals surface area contributed by atoms with E-state index in [0.29, 0.717) is 12.3 Å². The van der Waals surface area contributed by atoms with Gasteiger partial charge in [0, 0.05) is 25.3 Å². The van der Waals surface area contributed by atoms with E-state index in [1.165, 1.54) is 6.92 Å². The molecule has 0 aliphatic heterocycles. The van der Waals surface area contributed by atoms with Gasteiger partial charge in [-0.25, -0.2) is 4.98 Å². The molecule has 0 saturated heterocycles. The highest BCUT2D eigenvalue weighted by molar-refractivity contribution is 5.87. The second kappa shape index (κ2) is 9.11. The molecule has 1 saturated carbocycles. The lowest BCUT2D eigenvalue weighted by molar-refractivity contribution is -0.128. The van der Waals surface area contributed by atoms with E-state index in [4.69, 9.17) is 4.98 Å². The summed E-state index contributed by atoms with van der Waals surface area (Å²) in [5, 5.41) is 5.99. The number of imidazole rings is 1. The van der Waals surface area contributed by atoms with Gasteiger partial charge in [-0.3, -0.25) is 9.59 Å². The monoisotopic (exact) mass is 404 g/mol. The molecule has 3 atom stereocenters. The minimum atomic E-state index is -0.573. The Morgan fingerprint density at radius 3 is 2.63 bits per heavy atom. The van der Waals surface area contributed by atoms with Crippen molar-refractivity contribution >= 4 is 22.8 Å². The van der Waals surface area contributed by atoms with E-state index in [-0.39, 0.29) is 17.9 Å². The summed E-state index contributed by atoms with van der Waals surface area (Å²) < 4.78 is 0. The first kappa shape index (κ1) is 20.1. The van der Waals surface area contributed by atoms with Crippen LogP contribution in [0.4, 0.5) is 0 Å². The first-order valence-corrected chi connectivity index (χ1v) is 10.6. The number of hydrogen-bond acceptors (Lipinski definition) is 3. The summed E-state index contributed by atoms with van der Waals surface area (Å²) in [5.74, 6) is 0.974. The van der Waals surface area contributed by atoms with Crippen LogP contribution >= 0.6 is 0 Å². The minimum Gasteiger partial charge on any atom is -0.352 e. The van der Waals surface area contributed by atoms with Gasteiger partial charge in [0.1, 0.15) is 11.9 Å². The Morgan fingerprint density at radius 2 is 1.87 bits per heavy atom. The second-order valence-electron chi connectivity index (χ2n) is 8.15. The number of nitrogens with zero attached hydrogens (tertiary/aromatic N) is 1. The van der Waals surface area contributed by atoms with Crippen LogP contribution in [0.3, 0.4) is 0 Å². The Morgan fingerprint density at radius 1 is 1.10 bits per heavy atom. The molecule has 1 aliphatic rings. The summed E-state index contributed by atoms with van der Waals surface area (Å²) in [6, 6.07) is 17.3. The highest BCUT2D eigenvalue weighted by atomic mass is 16.2. The maximum absolute atomic E-state index is 13.0. The van der Waals surface area contributed by atoms with Crippen molar-refractivity contribution in [2.24, 2.45) is 0 Å². The van der Waals surface area contributed by atoms with Gasteiger partial charge in [0.15, 0.2) is 0 Å². The molecule has 6 nitrogen and oxygen atoms in total. The third kappa shape index (κ3) is 4.87.